The van der Waals surface area contributed by atoms with Gasteiger partial charge in [0.05, 0.1) is 10.6 Å². The molecule has 0 fully saturated rings. The molecule has 102 valence electrons. The first kappa shape index (κ1) is 15.7. The molecule has 0 aliphatic heterocycles. The Hall–Kier alpha value is -0.320. The van der Waals surface area contributed by atoms with Gasteiger partial charge < -0.3 is 4.90 Å². The van der Waals surface area contributed by atoms with E-state index >= 15 is 0 Å². The average Bonchev–Trinajstić information content (AvgIpc) is 2.28. The number of benzene rings is 1. The van der Waals surface area contributed by atoms with E-state index < -0.39 is 11.7 Å². The number of anilines is 1. The molecule has 1 rings (SSSR count). The summed E-state index contributed by atoms with van der Waals surface area (Å²) in [6.45, 7) is 0.848. The molecule has 0 radical (unpaired) electrons. The molecular weight excluding hydrogens is 309 g/mol. The van der Waals surface area contributed by atoms with Crippen LogP contribution in [0, 0.1) is 0 Å². The van der Waals surface area contributed by atoms with Crippen LogP contribution in [0.5, 0.6) is 0 Å². The van der Waals surface area contributed by atoms with Crippen LogP contribution in [0.4, 0.5) is 18.9 Å². The smallest absolute Gasteiger partial charge is 0.369 e. The number of hydrogen-bond donors (Lipinski definition) is 0. The van der Waals surface area contributed by atoms with Crippen molar-refractivity contribution in [2.24, 2.45) is 0 Å². The molecule has 0 saturated heterocycles. The molecule has 0 N–H and O–H groups in total. The van der Waals surface area contributed by atoms with E-state index in [-0.39, 0.29) is 5.02 Å². The molecular formula is C11H11Cl3F3N. The van der Waals surface area contributed by atoms with Crippen molar-refractivity contribution >= 4 is 40.5 Å². The monoisotopic (exact) mass is 319 g/mol. The quantitative estimate of drug-likeness (QED) is 0.714. The molecule has 0 bridgehead atoms. The van der Waals surface area contributed by atoms with Gasteiger partial charge in [0, 0.05) is 30.5 Å². The number of nitrogens with zero attached hydrogens (tertiary/aromatic N) is 1. The maximum atomic E-state index is 12.7. The van der Waals surface area contributed by atoms with Crippen molar-refractivity contribution < 1.29 is 13.2 Å². The van der Waals surface area contributed by atoms with Crippen molar-refractivity contribution in [3.05, 3.63) is 28.8 Å². The van der Waals surface area contributed by atoms with E-state index in [9.17, 15) is 13.2 Å². The molecule has 0 aromatic heterocycles. The normalized spacial score (nSPS) is 11.7. The predicted octanol–water partition coefficient (Wildman–Crippen LogP) is 4.64. The summed E-state index contributed by atoms with van der Waals surface area (Å²) in [4.78, 5) is 1.69. The first-order chi connectivity index (χ1) is 8.40. The summed E-state index contributed by atoms with van der Waals surface area (Å²) in [5.41, 5.74) is -0.441. The Morgan fingerprint density at radius 2 is 1.61 bits per heavy atom. The molecule has 0 unspecified atom stereocenters. The van der Waals surface area contributed by atoms with Crippen LogP contribution in [0.2, 0.25) is 5.02 Å². The molecule has 7 heteroatoms. The third kappa shape index (κ3) is 4.11. The van der Waals surface area contributed by atoms with Crippen molar-refractivity contribution in [1.82, 2.24) is 0 Å². The fraction of sp³-hybridized carbons (Fsp3) is 0.455. The Morgan fingerprint density at radius 1 is 1.06 bits per heavy atom. The Bertz CT molecular complexity index is 390. The fourth-order valence-electron chi connectivity index (χ4n) is 1.50. The zero-order valence-electron chi connectivity index (χ0n) is 9.28. The molecule has 0 atom stereocenters. The van der Waals surface area contributed by atoms with Crippen LogP contribution in [-0.2, 0) is 6.18 Å². The number of rotatable bonds is 5. The molecule has 0 aliphatic rings. The molecule has 1 aromatic carbocycles. The summed E-state index contributed by atoms with van der Waals surface area (Å²) < 4.78 is 38.1. The number of halogens is 6. The van der Waals surface area contributed by atoms with E-state index in [4.69, 9.17) is 34.8 Å². The van der Waals surface area contributed by atoms with E-state index in [0.717, 1.165) is 6.07 Å². The van der Waals surface area contributed by atoms with Gasteiger partial charge in [-0.1, -0.05) is 11.6 Å². The number of hydrogen-bond acceptors (Lipinski definition) is 1. The minimum absolute atomic E-state index is 0.306. The van der Waals surface area contributed by atoms with Crippen molar-refractivity contribution in [2.45, 2.75) is 6.18 Å². The highest BCUT2D eigenvalue weighted by Crippen LogP contribution is 2.36. The average molecular weight is 321 g/mol. The van der Waals surface area contributed by atoms with Gasteiger partial charge in [0.2, 0.25) is 0 Å². The first-order valence-corrected chi connectivity index (χ1v) is 6.58. The lowest BCUT2D eigenvalue weighted by atomic mass is 10.1. The van der Waals surface area contributed by atoms with E-state index in [1.165, 1.54) is 12.1 Å². The highest BCUT2D eigenvalue weighted by atomic mass is 35.5. The fourth-order valence-corrected chi connectivity index (χ4v) is 2.13. The molecule has 0 heterocycles. The van der Waals surface area contributed by atoms with E-state index in [0.29, 0.717) is 30.5 Å². The maximum Gasteiger partial charge on any atom is 0.417 e. The minimum Gasteiger partial charge on any atom is -0.369 e. The van der Waals surface area contributed by atoms with E-state index in [1.807, 2.05) is 0 Å². The van der Waals surface area contributed by atoms with Gasteiger partial charge in [-0.3, -0.25) is 0 Å². The summed E-state index contributed by atoms with van der Waals surface area (Å²) >= 11 is 16.8. The lowest BCUT2D eigenvalue weighted by Gasteiger charge is -2.24. The van der Waals surface area contributed by atoms with Crippen LogP contribution >= 0.6 is 34.8 Å². The van der Waals surface area contributed by atoms with Crippen LogP contribution in [0.15, 0.2) is 18.2 Å². The Labute approximate surface area is 118 Å². The Balaban J connectivity index is 3.09. The molecule has 18 heavy (non-hydrogen) atoms. The topological polar surface area (TPSA) is 3.24 Å². The van der Waals surface area contributed by atoms with Crippen LogP contribution in [0.1, 0.15) is 5.56 Å². The zero-order valence-corrected chi connectivity index (χ0v) is 11.5. The van der Waals surface area contributed by atoms with Crippen LogP contribution < -0.4 is 4.90 Å². The largest absolute Gasteiger partial charge is 0.417 e. The second kappa shape index (κ2) is 6.73. The lowest BCUT2D eigenvalue weighted by Crippen LogP contribution is -2.27. The van der Waals surface area contributed by atoms with Crippen molar-refractivity contribution in [3.63, 3.8) is 0 Å². The van der Waals surface area contributed by atoms with Crippen molar-refractivity contribution in [1.29, 1.82) is 0 Å². The van der Waals surface area contributed by atoms with Gasteiger partial charge in [0.25, 0.3) is 0 Å². The highest BCUT2D eigenvalue weighted by Gasteiger charge is 2.33. The van der Waals surface area contributed by atoms with Gasteiger partial charge >= 0.3 is 6.18 Å². The van der Waals surface area contributed by atoms with Crippen LogP contribution in [0.25, 0.3) is 0 Å². The molecule has 0 amide bonds. The van der Waals surface area contributed by atoms with Gasteiger partial charge in [-0.2, -0.15) is 13.2 Å². The molecule has 0 aliphatic carbocycles. The Morgan fingerprint density at radius 3 is 2.06 bits per heavy atom. The van der Waals surface area contributed by atoms with Crippen molar-refractivity contribution in [3.8, 4) is 0 Å². The molecule has 0 saturated carbocycles. The lowest BCUT2D eigenvalue weighted by molar-refractivity contribution is -0.137. The Kier molecular flexibility index (Phi) is 5.89. The van der Waals surface area contributed by atoms with Gasteiger partial charge in [-0.05, 0) is 18.2 Å². The molecule has 1 nitrogen and oxygen atoms in total. The maximum absolute atomic E-state index is 12.7. The standard InChI is InChI=1S/C11H11Cl3F3N/c12-3-5-18(6-4-13)8-1-2-10(14)9(7-8)11(15,16)17/h1-2,7H,3-6H2. The van der Waals surface area contributed by atoms with Gasteiger partial charge in [-0.25, -0.2) is 0 Å². The van der Waals surface area contributed by atoms with E-state index in [1.54, 1.807) is 4.90 Å². The minimum atomic E-state index is -4.47. The zero-order chi connectivity index (χ0) is 13.8. The summed E-state index contributed by atoms with van der Waals surface area (Å²) in [6.07, 6.45) is -4.47. The summed E-state index contributed by atoms with van der Waals surface area (Å²) in [5.74, 6) is 0.613. The van der Waals surface area contributed by atoms with Crippen molar-refractivity contribution in [2.75, 3.05) is 29.7 Å². The summed E-state index contributed by atoms with van der Waals surface area (Å²) in [5, 5.41) is -0.317. The first-order valence-electron chi connectivity index (χ1n) is 5.13. The summed E-state index contributed by atoms with van der Waals surface area (Å²) in [6, 6.07) is 3.77. The highest BCUT2D eigenvalue weighted by molar-refractivity contribution is 6.31. The number of alkyl halides is 5. The van der Waals surface area contributed by atoms with Crippen LogP contribution in [-0.4, -0.2) is 24.8 Å². The van der Waals surface area contributed by atoms with Crippen LogP contribution in [0.3, 0.4) is 0 Å². The molecule has 1 aromatic rings. The van der Waals surface area contributed by atoms with Gasteiger partial charge in [-0.15, -0.1) is 23.2 Å². The third-order valence-electron chi connectivity index (χ3n) is 2.33. The van der Waals surface area contributed by atoms with Gasteiger partial charge in [0.1, 0.15) is 0 Å². The molecule has 0 spiro atoms. The van der Waals surface area contributed by atoms with Gasteiger partial charge in [0.15, 0.2) is 0 Å². The second-order valence-corrected chi connectivity index (χ2v) is 4.69. The SMILES string of the molecule is FC(F)(F)c1cc(N(CCCl)CCCl)ccc1Cl. The predicted molar refractivity (Wildman–Crippen MR) is 70.1 cm³/mol. The second-order valence-electron chi connectivity index (χ2n) is 3.53. The van der Waals surface area contributed by atoms with E-state index in [2.05, 4.69) is 0 Å². The third-order valence-corrected chi connectivity index (χ3v) is 3.00. The summed E-state index contributed by atoms with van der Waals surface area (Å²) in [7, 11) is 0.